The minimum Gasteiger partial charge on any atom is -0.465 e. The number of aromatic nitrogens is 3. The van der Waals surface area contributed by atoms with Gasteiger partial charge in [-0.3, -0.25) is 9.69 Å². The van der Waals surface area contributed by atoms with Crippen molar-refractivity contribution in [3.8, 4) is 0 Å². The lowest BCUT2D eigenvalue weighted by molar-refractivity contribution is 0.0600. The van der Waals surface area contributed by atoms with Gasteiger partial charge < -0.3 is 9.30 Å². The SMILES string of the molecule is COC(=O)c1ccc(C(=O)N(CCCn2ccnc2)c2nc3c(F)cccc3s2)cc1. The van der Waals surface area contributed by atoms with Gasteiger partial charge in [-0.05, 0) is 42.8 Å². The van der Waals surface area contributed by atoms with Crippen LogP contribution in [0.3, 0.4) is 0 Å². The third-order valence-electron chi connectivity index (χ3n) is 4.74. The number of fused-ring (bicyclic) bond motifs is 1. The van der Waals surface area contributed by atoms with Gasteiger partial charge in [0.15, 0.2) is 5.13 Å². The number of esters is 1. The van der Waals surface area contributed by atoms with E-state index < -0.39 is 11.8 Å². The van der Waals surface area contributed by atoms with Crippen molar-refractivity contribution < 1.29 is 18.7 Å². The second-order valence-electron chi connectivity index (χ2n) is 6.76. The number of hydrogen-bond donors (Lipinski definition) is 0. The highest BCUT2D eigenvalue weighted by Gasteiger charge is 2.22. The smallest absolute Gasteiger partial charge is 0.337 e. The number of rotatable bonds is 7. The Kier molecular flexibility index (Phi) is 6.03. The first-order valence-corrected chi connectivity index (χ1v) is 10.4. The van der Waals surface area contributed by atoms with Crippen molar-refractivity contribution in [1.29, 1.82) is 0 Å². The van der Waals surface area contributed by atoms with Crippen molar-refractivity contribution in [2.24, 2.45) is 0 Å². The van der Waals surface area contributed by atoms with E-state index in [1.165, 1.54) is 24.5 Å². The summed E-state index contributed by atoms with van der Waals surface area (Å²) in [6.45, 7) is 1.06. The van der Waals surface area contributed by atoms with Crippen molar-refractivity contribution >= 4 is 38.6 Å². The van der Waals surface area contributed by atoms with Crippen molar-refractivity contribution in [3.05, 3.63) is 78.1 Å². The molecule has 31 heavy (non-hydrogen) atoms. The average Bonchev–Trinajstić information content (AvgIpc) is 3.46. The fourth-order valence-corrected chi connectivity index (χ4v) is 4.16. The summed E-state index contributed by atoms with van der Waals surface area (Å²) in [7, 11) is 1.30. The Morgan fingerprint density at radius 2 is 1.94 bits per heavy atom. The van der Waals surface area contributed by atoms with Gasteiger partial charge in [0.1, 0.15) is 11.3 Å². The molecule has 2 aromatic carbocycles. The van der Waals surface area contributed by atoms with Crippen LogP contribution in [0.5, 0.6) is 0 Å². The van der Waals surface area contributed by atoms with Crippen molar-refractivity contribution in [2.45, 2.75) is 13.0 Å². The minimum absolute atomic E-state index is 0.246. The molecule has 0 spiro atoms. The van der Waals surface area contributed by atoms with Gasteiger partial charge >= 0.3 is 5.97 Å². The molecule has 0 bridgehead atoms. The Labute approximate surface area is 181 Å². The Balaban J connectivity index is 1.62. The quantitative estimate of drug-likeness (QED) is 0.405. The number of nitrogens with zero attached hydrogens (tertiary/aromatic N) is 4. The van der Waals surface area contributed by atoms with Crippen LogP contribution in [0.2, 0.25) is 0 Å². The second kappa shape index (κ2) is 9.05. The molecule has 4 rings (SSSR count). The fraction of sp³-hybridized carbons (Fsp3) is 0.182. The minimum atomic E-state index is -0.474. The van der Waals surface area contributed by atoms with E-state index >= 15 is 0 Å². The number of ether oxygens (including phenoxy) is 1. The number of methoxy groups -OCH3 is 1. The molecule has 0 atom stereocenters. The monoisotopic (exact) mass is 438 g/mol. The van der Waals surface area contributed by atoms with Gasteiger partial charge in [-0.25, -0.2) is 19.2 Å². The third-order valence-corrected chi connectivity index (χ3v) is 5.79. The zero-order valence-corrected chi connectivity index (χ0v) is 17.5. The Morgan fingerprint density at radius 1 is 1.16 bits per heavy atom. The number of imidazole rings is 1. The second-order valence-corrected chi connectivity index (χ2v) is 7.77. The summed E-state index contributed by atoms with van der Waals surface area (Å²) in [5, 5.41) is 0.424. The third kappa shape index (κ3) is 4.46. The van der Waals surface area contributed by atoms with Gasteiger partial charge in [0.25, 0.3) is 5.91 Å². The van der Waals surface area contributed by atoms with E-state index in [0.717, 1.165) is 0 Å². The normalized spacial score (nSPS) is 10.9. The van der Waals surface area contributed by atoms with Crippen LogP contribution in [0.4, 0.5) is 9.52 Å². The van der Waals surface area contributed by atoms with E-state index in [0.29, 0.717) is 40.5 Å². The molecular weight excluding hydrogens is 419 g/mol. The number of halogens is 1. The molecule has 158 valence electrons. The largest absolute Gasteiger partial charge is 0.465 e. The maximum absolute atomic E-state index is 14.2. The van der Waals surface area contributed by atoms with Crippen LogP contribution >= 0.6 is 11.3 Å². The predicted molar refractivity (Wildman–Crippen MR) is 116 cm³/mol. The van der Waals surface area contributed by atoms with Crippen LogP contribution in [0.1, 0.15) is 27.1 Å². The van der Waals surface area contributed by atoms with Crippen LogP contribution in [0.15, 0.2) is 61.2 Å². The first-order chi connectivity index (χ1) is 15.1. The molecule has 0 N–H and O–H groups in total. The molecule has 0 aliphatic rings. The topological polar surface area (TPSA) is 77.3 Å². The van der Waals surface area contributed by atoms with Gasteiger partial charge in [-0.2, -0.15) is 0 Å². The molecule has 0 saturated heterocycles. The zero-order valence-electron chi connectivity index (χ0n) is 16.7. The summed E-state index contributed by atoms with van der Waals surface area (Å²) in [6, 6.07) is 11.0. The molecule has 2 heterocycles. The van der Waals surface area contributed by atoms with E-state index in [1.54, 1.807) is 53.8 Å². The molecule has 0 saturated carbocycles. The van der Waals surface area contributed by atoms with Crippen LogP contribution in [0.25, 0.3) is 10.2 Å². The molecule has 9 heteroatoms. The van der Waals surface area contributed by atoms with Gasteiger partial charge in [0.2, 0.25) is 0 Å². The first-order valence-electron chi connectivity index (χ1n) is 9.58. The average molecular weight is 438 g/mol. The van der Waals surface area contributed by atoms with Crippen molar-refractivity contribution in [2.75, 3.05) is 18.6 Å². The van der Waals surface area contributed by atoms with E-state index in [-0.39, 0.29) is 11.4 Å². The summed E-state index contributed by atoms with van der Waals surface area (Å²) in [5.41, 5.74) is 0.999. The predicted octanol–water partition coefficient (Wildman–Crippen LogP) is 4.16. The molecule has 0 radical (unpaired) electrons. The number of benzene rings is 2. The molecule has 0 unspecified atom stereocenters. The Morgan fingerprint density at radius 3 is 2.61 bits per heavy atom. The van der Waals surface area contributed by atoms with Crippen LogP contribution < -0.4 is 4.90 Å². The van der Waals surface area contributed by atoms with Crippen molar-refractivity contribution in [3.63, 3.8) is 0 Å². The lowest BCUT2D eigenvalue weighted by Crippen LogP contribution is -2.32. The number of hydrogen-bond acceptors (Lipinski definition) is 6. The number of thiazole rings is 1. The Bertz CT molecular complexity index is 1210. The summed E-state index contributed by atoms with van der Waals surface area (Å²) >= 11 is 1.26. The summed E-state index contributed by atoms with van der Waals surface area (Å²) in [6.07, 6.45) is 5.92. The van der Waals surface area contributed by atoms with E-state index in [4.69, 9.17) is 4.74 Å². The van der Waals surface area contributed by atoms with Gasteiger partial charge in [-0.1, -0.05) is 17.4 Å². The molecule has 2 aromatic heterocycles. The lowest BCUT2D eigenvalue weighted by atomic mass is 10.1. The highest BCUT2D eigenvalue weighted by atomic mass is 32.1. The van der Waals surface area contributed by atoms with Crippen LogP contribution in [-0.2, 0) is 11.3 Å². The summed E-state index contributed by atoms with van der Waals surface area (Å²) < 4.78 is 21.5. The molecule has 0 fully saturated rings. The zero-order chi connectivity index (χ0) is 21.8. The summed E-state index contributed by atoms with van der Waals surface area (Å²) in [4.78, 5) is 34.9. The molecule has 7 nitrogen and oxygen atoms in total. The molecule has 1 amide bonds. The van der Waals surface area contributed by atoms with Gasteiger partial charge in [0, 0.05) is 31.0 Å². The molecule has 0 aliphatic carbocycles. The highest BCUT2D eigenvalue weighted by molar-refractivity contribution is 7.22. The maximum Gasteiger partial charge on any atom is 0.337 e. The van der Waals surface area contributed by atoms with Gasteiger partial charge in [0.05, 0.1) is 23.7 Å². The van der Waals surface area contributed by atoms with Crippen molar-refractivity contribution in [1.82, 2.24) is 14.5 Å². The van der Waals surface area contributed by atoms with E-state index in [1.807, 2.05) is 10.8 Å². The fourth-order valence-electron chi connectivity index (χ4n) is 3.16. The number of carbonyl (C=O) groups is 2. The highest BCUT2D eigenvalue weighted by Crippen LogP contribution is 2.31. The lowest BCUT2D eigenvalue weighted by Gasteiger charge is -2.20. The number of aryl methyl sites for hydroxylation is 1. The first kappa shape index (κ1) is 20.7. The van der Waals surface area contributed by atoms with E-state index in [2.05, 4.69) is 9.97 Å². The standard InChI is InChI=1S/C22H19FN4O3S/c1-30-21(29)16-8-6-15(7-9-16)20(28)27(12-3-11-26-13-10-24-14-26)22-25-19-17(23)4-2-5-18(19)31-22/h2,4-10,13-14H,3,11-12H2,1H3. The van der Waals surface area contributed by atoms with Gasteiger partial charge in [-0.15, -0.1) is 0 Å². The number of para-hydroxylation sites is 1. The van der Waals surface area contributed by atoms with E-state index in [9.17, 15) is 14.0 Å². The number of amides is 1. The van der Waals surface area contributed by atoms with Crippen LogP contribution in [0, 0.1) is 5.82 Å². The molecular formula is C22H19FN4O3S. The summed E-state index contributed by atoms with van der Waals surface area (Å²) in [5.74, 6) is -1.17. The number of carbonyl (C=O) groups excluding carboxylic acids is 2. The van der Waals surface area contributed by atoms with Crippen LogP contribution in [-0.4, -0.2) is 40.1 Å². The molecule has 4 aromatic rings. The molecule has 0 aliphatic heterocycles. The Hall–Kier alpha value is -3.59. The number of anilines is 1. The maximum atomic E-state index is 14.2.